The molecule has 0 amide bonds. The molecule has 3 aromatic carbocycles. The number of nitrogens with zero attached hydrogens (tertiary/aromatic N) is 1. The zero-order valence-corrected chi connectivity index (χ0v) is 14.2. The van der Waals surface area contributed by atoms with E-state index < -0.39 is 10.0 Å². The second-order valence-electron chi connectivity index (χ2n) is 5.10. The maximum atomic E-state index is 12.7. The van der Waals surface area contributed by atoms with Gasteiger partial charge in [-0.2, -0.15) is 12.8 Å². The molecule has 0 fully saturated rings. The molecule has 0 unspecified atom stereocenters. The molecule has 3 rings (SSSR count). The first-order valence-corrected chi connectivity index (χ1v) is 9.09. The minimum Gasteiger partial charge on any atom is -0.199 e. The minimum absolute atomic E-state index is 0.108. The molecule has 0 radical (unpaired) electrons. The van der Waals surface area contributed by atoms with E-state index in [1.807, 2.05) is 60.7 Å². The van der Waals surface area contributed by atoms with Crippen molar-refractivity contribution < 1.29 is 8.42 Å². The van der Waals surface area contributed by atoms with Crippen LogP contribution in [0, 0.1) is 0 Å². The monoisotopic (exact) mass is 355 g/mol. The third-order valence-corrected chi connectivity index (χ3v) is 4.96. The summed E-state index contributed by atoms with van der Waals surface area (Å²) < 4.78 is 29.4. The fourth-order valence-electron chi connectivity index (χ4n) is 2.24. The van der Waals surface area contributed by atoms with Crippen LogP contribution < -0.4 is 0 Å². The lowest BCUT2D eigenvalue weighted by Crippen LogP contribution is -2.08. The molecule has 0 N–H and O–H groups in total. The molecule has 0 aliphatic rings. The third-order valence-electron chi connectivity index (χ3n) is 3.42. The van der Waals surface area contributed by atoms with Gasteiger partial charge in [-0.3, -0.25) is 0 Å². The fourth-order valence-corrected chi connectivity index (χ4v) is 3.41. The highest BCUT2D eigenvalue weighted by atomic mass is 35.5. The zero-order chi connectivity index (χ0) is 17.0. The van der Waals surface area contributed by atoms with Crippen molar-refractivity contribution in [3.05, 3.63) is 101 Å². The van der Waals surface area contributed by atoms with Crippen molar-refractivity contribution in [2.24, 2.45) is 4.40 Å². The van der Waals surface area contributed by atoms with E-state index in [2.05, 4.69) is 4.40 Å². The number of hydrogen-bond donors (Lipinski definition) is 0. The van der Waals surface area contributed by atoms with E-state index in [-0.39, 0.29) is 4.90 Å². The van der Waals surface area contributed by atoms with Crippen LogP contribution in [0.15, 0.2) is 94.2 Å². The van der Waals surface area contributed by atoms with Crippen molar-refractivity contribution in [3.63, 3.8) is 0 Å². The molecule has 0 spiro atoms. The summed E-state index contributed by atoms with van der Waals surface area (Å²) in [6, 6.07) is 24.5. The lowest BCUT2D eigenvalue weighted by Gasteiger charge is -2.08. The van der Waals surface area contributed by atoms with Crippen LogP contribution in [0.1, 0.15) is 11.1 Å². The predicted octanol–water partition coefficient (Wildman–Crippen LogP) is 4.57. The molecule has 0 aliphatic carbocycles. The Labute approximate surface area is 146 Å². The first kappa shape index (κ1) is 16.4. The number of rotatable bonds is 4. The van der Waals surface area contributed by atoms with Gasteiger partial charge in [0.25, 0.3) is 10.0 Å². The second kappa shape index (κ2) is 6.99. The zero-order valence-electron chi connectivity index (χ0n) is 12.6. The van der Waals surface area contributed by atoms with E-state index in [4.69, 9.17) is 11.6 Å². The Hall–Kier alpha value is -2.43. The van der Waals surface area contributed by atoms with Crippen LogP contribution >= 0.6 is 11.6 Å². The van der Waals surface area contributed by atoms with Gasteiger partial charge in [0.15, 0.2) is 0 Å². The summed E-state index contributed by atoms with van der Waals surface area (Å²) in [6.07, 6.45) is 0. The van der Waals surface area contributed by atoms with Crippen LogP contribution in [-0.2, 0) is 10.0 Å². The minimum atomic E-state index is -3.84. The molecule has 0 aliphatic heterocycles. The van der Waals surface area contributed by atoms with Crippen LogP contribution in [0.5, 0.6) is 0 Å². The Morgan fingerprint density at radius 1 is 0.708 bits per heavy atom. The highest BCUT2D eigenvalue weighted by Crippen LogP contribution is 2.19. The molecular weight excluding hydrogens is 342 g/mol. The maximum Gasteiger partial charge on any atom is 0.282 e. The van der Waals surface area contributed by atoms with Crippen LogP contribution in [-0.4, -0.2) is 14.1 Å². The molecule has 0 heterocycles. The van der Waals surface area contributed by atoms with Gasteiger partial charge in [-0.1, -0.05) is 72.3 Å². The average Bonchev–Trinajstić information content (AvgIpc) is 2.62. The first-order valence-electron chi connectivity index (χ1n) is 7.28. The van der Waals surface area contributed by atoms with Crippen molar-refractivity contribution >= 4 is 27.3 Å². The lowest BCUT2D eigenvalue weighted by atomic mass is 10.0. The van der Waals surface area contributed by atoms with E-state index in [1.165, 1.54) is 24.3 Å². The van der Waals surface area contributed by atoms with E-state index in [0.717, 1.165) is 11.1 Å². The van der Waals surface area contributed by atoms with Gasteiger partial charge >= 0.3 is 0 Å². The van der Waals surface area contributed by atoms with E-state index in [1.54, 1.807) is 0 Å². The number of halogens is 1. The predicted molar refractivity (Wildman–Crippen MR) is 97.2 cm³/mol. The fraction of sp³-hybridized carbons (Fsp3) is 0. The summed E-state index contributed by atoms with van der Waals surface area (Å²) in [5.41, 5.74) is 1.88. The number of sulfonamides is 1. The molecule has 0 bridgehead atoms. The van der Waals surface area contributed by atoms with Crippen molar-refractivity contribution in [1.29, 1.82) is 0 Å². The van der Waals surface area contributed by atoms with Crippen molar-refractivity contribution in [2.45, 2.75) is 4.90 Å². The first-order chi connectivity index (χ1) is 11.6. The normalized spacial score (nSPS) is 11.0. The van der Waals surface area contributed by atoms with Crippen molar-refractivity contribution in [1.82, 2.24) is 0 Å². The van der Waals surface area contributed by atoms with Crippen LogP contribution in [0.25, 0.3) is 0 Å². The summed E-state index contributed by atoms with van der Waals surface area (Å²) in [4.78, 5) is 0.108. The van der Waals surface area contributed by atoms with E-state index in [9.17, 15) is 8.42 Å². The molecule has 0 saturated carbocycles. The molecule has 3 aromatic rings. The smallest absolute Gasteiger partial charge is 0.199 e. The standard InChI is InChI=1S/C19H14ClNO2S/c20-17-11-13-18(14-12-17)24(22,23)21-19(15-7-3-1-4-8-15)16-9-5-2-6-10-16/h1-14H. The SMILES string of the molecule is O=S(=O)(N=C(c1ccccc1)c1ccccc1)c1ccc(Cl)cc1. The highest BCUT2D eigenvalue weighted by Gasteiger charge is 2.16. The molecule has 0 saturated heterocycles. The summed E-state index contributed by atoms with van der Waals surface area (Å²) in [6.45, 7) is 0. The topological polar surface area (TPSA) is 46.5 Å². The van der Waals surface area contributed by atoms with Gasteiger partial charge in [0.05, 0.1) is 10.6 Å². The molecule has 5 heteroatoms. The van der Waals surface area contributed by atoms with Crippen LogP contribution in [0.3, 0.4) is 0 Å². The quantitative estimate of drug-likeness (QED) is 0.644. The summed E-state index contributed by atoms with van der Waals surface area (Å²) in [7, 11) is -3.84. The average molecular weight is 356 g/mol. The van der Waals surface area contributed by atoms with Gasteiger partial charge in [0.2, 0.25) is 0 Å². The Kier molecular flexibility index (Phi) is 4.79. The largest absolute Gasteiger partial charge is 0.282 e. The Morgan fingerprint density at radius 3 is 1.62 bits per heavy atom. The van der Waals surface area contributed by atoms with Gasteiger partial charge in [0.1, 0.15) is 0 Å². The van der Waals surface area contributed by atoms with Gasteiger partial charge in [-0.05, 0) is 24.3 Å². The third kappa shape index (κ3) is 3.72. The highest BCUT2D eigenvalue weighted by molar-refractivity contribution is 7.90. The molecule has 0 atom stereocenters. The van der Waals surface area contributed by atoms with Crippen LogP contribution in [0.4, 0.5) is 0 Å². The Balaban J connectivity index is 2.15. The second-order valence-corrected chi connectivity index (χ2v) is 7.14. The van der Waals surface area contributed by atoms with Gasteiger partial charge < -0.3 is 0 Å². The summed E-state index contributed by atoms with van der Waals surface area (Å²) in [5.74, 6) is 0. The number of benzene rings is 3. The lowest BCUT2D eigenvalue weighted by molar-refractivity contribution is 0.598. The van der Waals surface area contributed by atoms with Crippen molar-refractivity contribution in [3.8, 4) is 0 Å². The molecule has 120 valence electrons. The maximum absolute atomic E-state index is 12.7. The number of hydrogen-bond acceptors (Lipinski definition) is 2. The molecule has 24 heavy (non-hydrogen) atoms. The summed E-state index contributed by atoms with van der Waals surface area (Å²) >= 11 is 5.83. The molecule has 0 aromatic heterocycles. The Bertz CT molecular complexity index is 910. The molecular formula is C19H14ClNO2S. The van der Waals surface area contributed by atoms with Gasteiger partial charge in [-0.15, -0.1) is 0 Å². The molecule has 3 nitrogen and oxygen atoms in total. The van der Waals surface area contributed by atoms with Crippen molar-refractivity contribution in [2.75, 3.05) is 0 Å². The Morgan fingerprint density at radius 2 is 1.17 bits per heavy atom. The van der Waals surface area contributed by atoms with Crippen LogP contribution in [0.2, 0.25) is 5.02 Å². The van der Waals surface area contributed by atoms with E-state index in [0.29, 0.717) is 10.7 Å². The van der Waals surface area contributed by atoms with E-state index >= 15 is 0 Å². The van der Waals surface area contributed by atoms with Gasteiger partial charge in [0, 0.05) is 16.1 Å². The summed E-state index contributed by atoms with van der Waals surface area (Å²) in [5, 5.41) is 0.476. The van der Waals surface area contributed by atoms with Gasteiger partial charge in [-0.25, -0.2) is 0 Å².